The van der Waals surface area contributed by atoms with E-state index in [1.807, 2.05) is 6.92 Å². The molecule has 1 N–H and O–H groups in total. The van der Waals surface area contributed by atoms with Gasteiger partial charge < -0.3 is 15.0 Å². The molecule has 6 nitrogen and oxygen atoms in total. The normalized spacial score (nSPS) is 22.5. The van der Waals surface area contributed by atoms with Gasteiger partial charge in [-0.05, 0) is 25.2 Å². The summed E-state index contributed by atoms with van der Waals surface area (Å²) in [6.07, 6.45) is 5.74. The van der Waals surface area contributed by atoms with Crippen LogP contribution in [0.3, 0.4) is 0 Å². The zero-order valence-electron chi connectivity index (χ0n) is 13.3. The van der Waals surface area contributed by atoms with Crippen LogP contribution in [0.5, 0.6) is 0 Å². The van der Waals surface area contributed by atoms with Gasteiger partial charge in [0.1, 0.15) is 6.04 Å². The van der Waals surface area contributed by atoms with Crippen LogP contribution in [0.4, 0.5) is 0 Å². The molecular formula is C16H26N2O4. The van der Waals surface area contributed by atoms with Gasteiger partial charge >= 0.3 is 5.97 Å². The molecule has 0 aromatic carbocycles. The maximum absolute atomic E-state index is 12.5. The first-order valence-electron chi connectivity index (χ1n) is 8.34. The number of carbonyl (C=O) groups excluding carboxylic acids is 3. The zero-order chi connectivity index (χ0) is 15.9. The largest absolute Gasteiger partial charge is 0.466 e. The molecule has 124 valence electrons. The number of amides is 2. The lowest BCUT2D eigenvalue weighted by atomic mass is 10.0. The van der Waals surface area contributed by atoms with Gasteiger partial charge in [0.25, 0.3) is 0 Å². The number of carbonyl (C=O) groups is 3. The minimum atomic E-state index is -0.716. The summed E-state index contributed by atoms with van der Waals surface area (Å²) in [5, 5.41) is 2.73. The van der Waals surface area contributed by atoms with Crippen LogP contribution in [-0.4, -0.2) is 48.4 Å². The monoisotopic (exact) mass is 310 g/mol. The van der Waals surface area contributed by atoms with Crippen molar-refractivity contribution in [3.63, 3.8) is 0 Å². The third kappa shape index (κ3) is 4.45. The molecule has 1 saturated heterocycles. The van der Waals surface area contributed by atoms with Gasteiger partial charge in [-0.1, -0.05) is 19.8 Å². The molecule has 1 aliphatic heterocycles. The zero-order valence-corrected chi connectivity index (χ0v) is 13.3. The van der Waals surface area contributed by atoms with Crippen molar-refractivity contribution in [3.05, 3.63) is 0 Å². The van der Waals surface area contributed by atoms with E-state index in [0.717, 1.165) is 19.3 Å². The van der Waals surface area contributed by atoms with E-state index in [0.29, 0.717) is 32.0 Å². The quantitative estimate of drug-likeness (QED) is 0.749. The van der Waals surface area contributed by atoms with Crippen molar-refractivity contribution in [2.24, 2.45) is 5.92 Å². The summed E-state index contributed by atoms with van der Waals surface area (Å²) in [6.45, 7) is 3.19. The van der Waals surface area contributed by atoms with Crippen molar-refractivity contribution >= 4 is 17.8 Å². The van der Waals surface area contributed by atoms with Gasteiger partial charge in [0.05, 0.1) is 13.0 Å². The lowest BCUT2D eigenvalue weighted by Gasteiger charge is -2.35. The van der Waals surface area contributed by atoms with Crippen molar-refractivity contribution in [2.75, 3.05) is 19.7 Å². The maximum atomic E-state index is 12.5. The SMILES string of the molecule is CCCOC(=O)CC1C(=O)NCCN1C(=O)CC1CCCC1. The Balaban J connectivity index is 1.94. The maximum Gasteiger partial charge on any atom is 0.308 e. The smallest absolute Gasteiger partial charge is 0.308 e. The molecule has 22 heavy (non-hydrogen) atoms. The van der Waals surface area contributed by atoms with Gasteiger partial charge in [0.2, 0.25) is 11.8 Å². The van der Waals surface area contributed by atoms with Crippen molar-refractivity contribution in [1.29, 1.82) is 0 Å². The second-order valence-corrected chi connectivity index (χ2v) is 6.17. The molecular weight excluding hydrogens is 284 g/mol. The molecule has 0 aromatic heterocycles. The van der Waals surface area contributed by atoms with E-state index in [2.05, 4.69) is 5.32 Å². The van der Waals surface area contributed by atoms with E-state index in [1.54, 1.807) is 4.90 Å². The highest BCUT2D eigenvalue weighted by Gasteiger charge is 2.35. The molecule has 1 heterocycles. The third-order valence-corrected chi connectivity index (χ3v) is 4.42. The molecule has 1 atom stereocenters. The fourth-order valence-electron chi connectivity index (χ4n) is 3.23. The van der Waals surface area contributed by atoms with Gasteiger partial charge in [-0.3, -0.25) is 14.4 Å². The molecule has 0 radical (unpaired) electrons. The topological polar surface area (TPSA) is 75.7 Å². The highest BCUT2D eigenvalue weighted by Crippen LogP contribution is 2.28. The Morgan fingerprint density at radius 1 is 1.27 bits per heavy atom. The summed E-state index contributed by atoms with van der Waals surface area (Å²) < 4.78 is 5.05. The van der Waals surface area contributed by atoms with E-state index >= 15 is 0 Å². The van der Waals surface area contributed by atoms with E-state index < -0.39 is 12.0 Å². The van der Waals surface area contributed by atoms with Crippen LogP contribution in [0.25, 0.3) is 0 Å². The molecule has 2 fully saturated rings. The van der Waals surface area contributed by atoms with Gasteiger partial charge in [0.15, 0.2) is 0 Å². The number of nitrogens with one attached hydrogen (secondary N) is 1. The number of hydrogen-bond acceptors (Lipinski definition) is 4. The molecule has 2 aliphatic rings. The summed E-state index contributed by atoms with van der Waals surface area (Å²) in [7, 11) is 0. The van der Waals surface area contributed by atoms with Crippen LogP contribution < -0.4 is 5.32 Å². The molecule has 0 bridgehead atoms. The number of piperazine rings is 1. The van der Waals surface area contributed by atoms with Crippen LogP contribution >= 0.6 is 0 Å². The van der Waals surface area contributed by atoms with Crippen LogP contribution in [0.15, 0.2) is 0 Å². The first-order valence-corrected chi connectivity index (χ1v) is 8.34. The molecule has 2 amide bonds. The lowest BCUT2D eigenvalue weighted by Crippen LogP contribution is -2.58. The number of hydrogen-bond donors (Lipinski definition) is 1. The fraction of sp³-hybridized carbons (Fsp3) is 0.812. The van der Waals surface area contributed by atoms with Crippen LogP contribution in [0.1, 0.15) is 51.9 Å². The Hall–Kier alpha value is -1.59. The second-order valence-electron chi connectivity index (χ2n) is 6.17. The third-order valence-electron chi connectivity index (χ3n) is 4.42. The summed E-state index contributed by atoms with van der Waals surface area (Å²) in [4.78, 5) is 37.9. The molecule has 1 saturated carbocycles. The fourth-order valence-corrected chi connectivity index (χ4v) is 3.23. The molecule has 0 aromatic rings. The van der Waals surface area contributed by atoms with Gasteiger partial charge in [-0.25, -0.2) is 0 Å². The Kier molecular flexibility index (Phi) is 6.21. The van der Waals surface area contributed by atoms with Gasteiger partial charge in [-0.2, -0.15) is 0 Å². The predicted molar refractivity (Wildman–Crippen MR) is 81.0 cm³/mol. The average molecular weight is 310 g/mol. The number of rotatable bonds is 6. The molecule has 0 spiro atoms. The Morgan fingerprint density at radius 3 is 2.68 bits per heavy atom. The minimum Gasteiger partial charge on any atom is -0.466 e. The van der Waals surface area contributed by atoms with Crippen molar-refractivity contribution in [3.8, 4) is 0 Å². The summed E-state index contributed by atoms with van der Waals surface area (Å²) in [5.74, 6) is -0.234. The number of ether oxygens (including phenoxy) is 1. The predicted octanol–water partition coefficient (Wildman–Crippen LogP) is 1.24. The highest BCUT2D eigenvalue weighted by atomic mass is 16.5. The first kappa shape index (κ1) is 16.8. The Labute approximate surface area is 131 Å². The van der Waals surface area contributed by atoms with Gasteiger partial charge in [-0.15, -0.1) is 0 Å². The number of nitrogens with zero attached hydrogens (tertiary/aromatic N) is 1. The summed E-state index contributed by atoms with van der Waals surface area (Å²) in [5.41, 5.74) is 0. The van der Waals surface area contributed by atoms with Crippen LogP contribution in [0, 0.1) is 5.92 Å². The first-order chi connectivity index (χ1) is 10.6. The Morgan fingerprint density at radius 2 is 2.00 bits per heavy atom. The van der Waals surface area contributed by atoms with E-state index in [9.17, 15) is 14.4 Å². The molecule has 1 aliphatic carbocycles. The molecule has 2 rings (SSSR count). The highest BCUT2D eigenvalue weighted by molar-refractivity contribution is 5.92. The number of esters is 1. The lowest BCUT2D eigenvalue weighted by molar-refractivity contribution is -0.152. The van der Waals surface area contributed by atoms with E-state index in [-0.39, 0.29) is 18.2 Å². The standard InChI is InChI=1S/C16H26N2O4/c1-2-9-22-15(20)11-13-16(21)17-7-8-18(13)14(19)10-12-5-3-4-6-12/h12-13H,2-11H2,1H3,(H,17,21). The van der Waals surface area contributed by atoms with Crippen molar-refractivity contribution in [1.82, 2.24) is 10.2 Å². The van der Waals surface area contributed by atoms with Crippen molar-refractivity contribution in [2.45, 2.75) is 57.9 Å². The van der Waals surface area contributed by atoms with Crippen LogP contribution in [-0.2, 0) is 19.1 Å². The van der Waals surface area contributed by atoms with Gasteiger partial charge in [0, 0.05) is 19.5 Å². The molecule has 1 unspecified atom stereocenters. The van der Waals surface area contributed by atoms with Crippen molar-refractivity contribution < 1.29 is 19.1 Å². The average Bonchev–Trinajstić information content (AvgIpc) is 3.00. The summed E-state index contributed by atoms with van der Waals surface area (Å²) in [6, 6.07) is -0.716. The van der Waals surface area contributed by atoms with E-state index in [4.69, 9.17) is 4.74 Å². The second kappa shape index (κ2) is 8.15. The molecule has 6 heteroatoms. The van der Waals surface area contributed by atoms with Crippen LogP contribution in [0.2, 0.25) is 0 Å². The van der Waals surface area contributed by atoms with E-state index in [1.165, 1.54) is 12.8 Å². The minimum absolute atomic E-state index is 0.00459. The summed E-state index contributed by atoms with van der Waals surface area (Å²) >= 11 is 0. The Bertz CT molecular complexity index is 418.